The number of aryl methyl sites for hydroxylation is 1. The Morgan fingerprint density at radius 1 is 1.05 bits per heavy atom. The molecule has 0 radical (unpaired) electrons. The molecule has 1 heterocycles. The first-order chi connectivity index (χ1) is 9.22. The Hall–Kier alpha value is -2.13. The lowest BCUT2D eigenvalue weighted by atomic mass is 10.1. The second kappa shape index (κ2) is 4.86. The maximum atomic E-state index is 12.2. The summed E-state index contributed by atoms with van der Waals surface area (Å²) in [6.45, 7) is 3.77. The maximum Gasteiger partial charge on any atom is 0.255 e. The number of hydrogen-bond acceptors (Lipinski definition) is 2. The second-order valence-corrected chi connectivity index (χ2v) is 4.91. The molecule has 2 aromatic rings. The van der Waals surface area contributed by atoms with E-state index in [2.05, 4.69) is 10.6 Å². The number of hydrogen-bond donors (Lipinski definition) is 2. The van der Waals surface area contributed by atoms with E-state index >= 15 is 0 Å². The highest BCUT2D eigenvalue weighted by molar-refractivity contribution is 6.04. The molecular formula is C16H16N2O. The summed E-state index contributed by atoms with van der Waals surface area (Å²) in [6.07, 6.45) is 0. The Balaban J connectivity index is 1.78. The van der Waals surface area contributed by atoms with E-state index in [-0.39, 0.29) is 5.91 Å². The van der Waals surface area contributed by atoms with Crippen molar-refractivity contribution in [3.8, 4) is 0 Å². The van der Waals surface area contributed by atoms with Crippen molar-refractivity contribution in [1.82, 2.24) is 5.32 Å². The van der Waals surface area contributed by atoms with Crippen LogP contribution in [0.2, 0.25) is 0 Å². The van der Waals surface area contributed by atoms with Gasteiger partial charge in [-0.1, -0.05) is 23.8 Å². The average Bonchev–Trinajstić information content (AvgIpc) is 2.88. The van der Waals surface area contributed by atoms with Gasteiger partial charge in [-0.3, -0.25) is 4.79 Å². The summed E-state index contributed by atoms with van der Waals surface area (Å²) in [7, 11) is 0. The zero-order chi connectivity index (χ0) is 13.2. The van der Waals surface area contributed by atoms with Crippen LogP contribution in [0.1, 0.15) is 27.0 Å². The molecule has 19 heavy (non-hydrogen) atoms. The largest absolute Gasteiger partial charge is 0.322 e. The molecule has 0 bridgehead atoms. The van der Waals surface area contributed by atoms with Crippen LogP contribution in [-0.2, 0) is 13.1 Å². The molecule has 0 atom stereocenters. The molecule has 0 fully saturated rings. The number of anilines is 1. The molecule has 3 nitrogen and oxygen atoms in total. The molecule has 1 aliphatic rings. The number of nitrogens with one attached hydrogen (secondary N) is 2. The zero-order valence-electron chi connectivity index (χ0n) is 10.9. The van der Waals surface area contributed by atoms with Crippen LogP contribution in [0.25, 0.3) is 0 Å². The molecule has 0 aromatic heterocycles. The van der Waals surface area contributed by atoms with Crippen LogP contribution in [0.4, 0.5) is 5.69 Å². The molecule has 0 saturated carbocycles. The number of benzene rings is 2. The third-order valence-electron chi connectivity index (χ3n) is 3.41. The van der Waals surface area contributed by atoms with Crippen LogP contribution in [0.3, 0.4) is 0 Å². The minimum atomic E-state index is -0.0569. The highest BCUT2D eigenvalue weighted by Crippen LogP contribution is 2.18. The van der Waals surface area contributed by atoms with Gasteiger partial charge in [0.05, 0.1) is 0 Å². The van der Waals surface area contributed by atoms with Crippen molar-refractivity contribution >= 4 is 11.6 Å². The normalized spacial score (nSPS) is 13.1. The summed E-state index contributed by atoms with van der Waals surface area (Å²) < 4.78 is 0. The van der Waals surface area contributed by atoms with E-state index in [0.29, 0.717) is 5.56 Å². The van der Waals surface area contributed by atoms with Gasteiger partial charge in [-0.15, -0.1) is 0 Å². The maximum absolute atomic E-state index is 12.2. The third kappa shape index (κ3) is 2.51. The van der Waals surface area contributed by atoms with Crippen molar-refractivity contribution in [2.75, 3.05) is 5.32 Å². The molecule has 96 valence electrons. The van der Waals surface area contributed by atoms with Gasteiger partial charge in [-0.2, -0.15) is 0 Å². The van der Waals surface area contributed by atoms with Crippen molar-refractivity contribution in [3.05, 3.63) is 64.7 Å². The van der Waals surface area contributed by atoms with E-state index in [1.54, 1.807) is 0 Å². The minimum Gasteiger partial charge on any atom is -0.322 e. The number of carbonyl (C=O) groups excluding carboxylic acids is 1. The summed E-state index contributed by atoms with van der Waals surface area (Å²) >= 11 is 0. The molecule has 0 unspecified atom stereocenters. The first-order valence-electron chi connectivity index (χ1n) is 6.43. The van der Waals surface area contributed by atoms with E-state index in [1.807, 2.05) is 49.4 Å². The Morgan fingerprint density at radius 2 is 1.79 bits per heavy atom. The number of amides is 1. The molecule has 3 heteroatoms. The standard InChI is InChI=1S/C16H16N2O/c1-11-2-6-15(7-3-11)18-16(19)12-4-5-13-9-17-10-14(13)8-12/h2-8,17H,9-10H2,1H3,(H,18,19). The minimum absolute atomic E-state index is 0.0569. The van der Waals surface area contributed by atoms with E-state index < -0.39 is 0 Å². The molecule has 1 aliphatic heterocycles. The van der Waals surface area contributed by atoms with Crippen molar-refractivity contribution in [2.24, 2.45) is 0 Å². The fraction of sp³-hybridized carbons (Fsp3) is 0.188. The lowest BCUT2D eigenvalue weighted by molar-refractivity contribution is 0.102. The van der Waals surface area contributed by atoms with Gasteiger partial charge in [0.2, 0.25) is 0 Å². The van der Waals surface area contributed by atoms with E-state index in [1.165, 1.54) is 16.7 Å². The average molecular weight is 252 g/mol. The third-order valence-corrected chi connectivity index (χ3v) is 3.41. The van der Waals surface area contributed by atoms with Crippen molar-refractivity contribution in [2.45, 2.75) is 20.0 Å². The topological polar surface area (TPSA) is 41.1 Å². The number of rotatable bonds is 2. The van der Waals surface area contributed by atoms with Gasteiger partial charge < -0.3 is 10.6 Å². The molecule has 3 rings (SSSR count). The summed E-state index contributed by atoms with van der Waals surface area (Å²) in [5.74, 6) is -0.0569. The molecule has 2 N–H and O–H groups in total. The lowest BCUT2D eigenvalue weighted by Gasteiger charge is -2.07. The van der Waals surface area contributed by atoms with Gasteiger partial charge >= 0.3 is 0 Å². The van der Waals surface area contributed by atoms with Crippen molar-refractivity contribution < 1.29 is 4.79 Å². The van der Waals surface area contributed by atoms with Gasteiger partial charge in [0, 0.05) is 24.3 Å². The number of carbonyl (C=O) groups is 1. The van der Waals surface area contributed by atoms with Crippen LogP contribution in [0.5, 0.6) is 0 Å². The van der Waals surface area contributed by atoms with Gasteiger partial charge in [0.15, 0.2) is 0 Å². The first kappa shape index (κ1) is 11.9. The fourth-order valence-corrected chi connectivity index (χ4v) is 2.28. The molecule has 0 aliphatic carbocycles. The quantitative estimate of drug-likeness (QED) is 0.863. The number of fused-ring (bicyclic) bond motifs is 1. The van der Waals surface area contributed by atoms with Crippen LogP contribution < -0.4 is 10.6 Å². The molecule has 1 amide bonds. The van der Waals surface area contributed by atoms with E-state index in [4.69, 9.17) is 0 Å². The Kier molecular flexibility index (Phi) is 3.05. The summed E-state index contributed by atoms with van der Waals surface area (Å²) in [5, 5.41) is 6.20. The SMILES string of the molecule is Cc1ccc(NC(=O)c2ccc3c(c2)CNC3)cc1. The second-order valence-electron chi connectivity index (χ2n) is 4.91. The van der Waals surface area contributed by atoms with Gasteiger partial charge in [0.25, 0.3) is 5.91 Å². The van der Waals surface area contributed by atoms with Crippen LogP contribution in [0.15, 0.2) is 42.5 Å². The highest BCUT2D eigenvalue weighted by Gasteiger charge is 2.13. The molecule has 0 saturated heterocycles. The lowest BCUT2D eigenvalue weighted by Crippen LogP contribution is -2.12. The van der Waals surface area contributed by atoms with Gasteiger partial charge in [0.1, 0.15) is 0 Å². The van der Waals surface area contributed by atoms with Crippen molar-refractivity contribution in [1.29, 1.82) is 0 Å². The molecule has 2 aromatic carbocycles. The smallest absolute Gasteiger partial charge is 0.255 e. The van der Waals surface area contributed by atoms with Gasteiger partial charge in [-0.25, -0.2) is 0 Å². The Morgan fingerprint density at radius 3 is 2.58 bits per heavy atom. The monoisotopic (exact) mass is 252 g/mol. The highest BCUT2D eigenvalue weighted by atomic mass is 16.1. The molecule has 0 spiro atoms. The Labute approximate surface area is 112 Å². The van der Waals surface area contributed by atoms with Crippen molar-refractivity contribution in [3.63, 3.8) is 0 Å². The van der Waals surface area contributed by atoms with Gasteiger partial charge in [-0.05, 0) is 42.3 Å². The predicted octanol–water partition coefficient (Wildman–Crippen LogP) is 2.85. The molecular weight excluding hydrogens is 236 g/mol. The zero-order valence-corrected chi connectivity index (χ0v) is 10.9. The predicted molar refractivity (Wildman–Crippen MR) is 76.1 cm³/mol. The summed E-state index contributed by atoms with van der Waals surface area (Å²) in [6, 6.07) is 13.7. The fourth-order valence-electron chi connectivity index (χ4n) is 2.28. The van der Waals surface area contributed by atoms with Crippen LogP contribution in [-0.4, -0.2) is 5.91 Å². The summed E-state index contributed by atoms with van der Waals surface area (Å²) in [5.41, 5.74) is 5.22. The van der Waals surface area contributed by atoms with Crippen LogP contribution in [0, 0.1) is 6.92 Å². The van der Waals surface area contributed by atoms with E-state index in [0.717, 1.165) is 18.8 Å². The Bertz CT molecular complexity index is 617. The summed E-state index contributed by atoms with van der Waals surface area (Å²) in [4.78, 5) is 12.2. The van der Waals surface area contributed by atoms with Crippen LogP contribution >= 0.6 is 0 Å². The first-order valence-corrected chi connectivity index (χ1v) is 6.43. The van der Waals surface area contributed by atoms with E-state index in [9.17, 15) is 4.79 Å².